The molecule has 0 aliphatic heterocycles. The van der Waals surface area contributed by atoms with Gasteiger partial charge in [-0.25, -0.2) is 4.98 Å². The van der Waals surface area contributed by atoms with Gasteiger partial charge in [-0.2, -0.15) is 0 Å². The van der Waals surface area contributed by atoms with Crippen LogP contribution in [0.1, 0.15) is 11.1 Å². The molecule has 1 nitrogen and oxygen atoms in total. The summed E-state index contributed by atoms with van der Waals surface area (Å²) in [7, 11) is 0. The van der Waals surface area contributed by atoms with Gasteiger partial charge in [0.15, 0.2) is 0 Å². The summed E-state index contributed by atoms with van der Waals surface area (Å²) in [4.78, 5) is 4.90. The average Bonchev–Trinajstić information content (AvgIpc) is 2.74. The van der Waals surface area contributed by atoms with Gasteiger partial charge in [0, 0.05) is 11.1 Å². The van der Waals surface area contributed by atoms with Crippen LogP contribution in [-0.4, -0.2) is 4.98 Å². The molecule has 26 heavy (non-hydrogen) atoms. The van der Waals surface area contributed by atoms with E-state index in [4.69, 9.17) is 4.98 Å². The first kappa shape index (κ1) is 16.0. The summed E-state index contributed by atoms with van der Waals surface area (Å²) in [5.74, 6) is 0. The summed E-state index contributed by atoms with van der Waals surface area (Å²) >= 11 is 0. The molecule has 1 heterocycles. The summed E-state index contributed by atoms with van der Waals surface area (Å²) in [5.41, 5.74) is 6.55. The van der Waals surface area contributed by atoms with E-state index in [-0.39, 0.29) is 0 Å². The van der Waals surface area contributed by atoms with Crippen molar-refractivity contribution in [3.63, 3.8) is 0 Å². The van der Waals surface area contributed by atoms with E-state index in [9.17, 15) is 0 Å². The molecule has 0 N–H and O–H groups in total. The monoisotopic (exact) mass is 333 g/mol. The number of aromatic nitrogens is 1. The van der Waals surface area contributed by atoms with Crippen LogP contribution in [0.3, 0.4) is 0 Å². The lowest BCUT2D eigenvalue weighted by Gasteiger charge is -2.08. The van der Waals surface area contributed by atoms with Crippen LogP contribution >= 0.6 is 0 Å². The molecule has 0 radical (unpaired) electrons. The highest BCUT2D eigenvalue weighted by atomic mass is 14.7. The molecule has 4 aromatic rings. The zero-order valence-corrected chi connectivity index (χ0v) is 14.4. The Hall–Kier alpha value is -3.45. The molecule has 1 aromatic heterocycles. The fourth-order valence-electron chi connectivity index (χ4n) is 2.92. The largest absolute Gasteiger partial charge is 0.248 e. The van der Waals surface area contributed by atoms with E-state index >= 15 is 0 Å². The summed E-state index contributed by atoms with van der Waals surface area (Å²) in [6, 6.07) is 35.3. The Balaban J connectivity index is 1.79. The molecular formula is C25H19N. The molecule has 4 rings (SSSR count). The number of benzene rings is 3. The maximum atomic E-state index is 4.90. The quantitative estimate of drug-likeness (QED) is 0.411. The van der Waals surface area contributed by atoms with Crippen molar-refractivity contribution in [2.45, 2.75) is 0 Å². The first-order valence-corrected chi connectivity index (χ1v) is 8.74. The van der Waals surface area contributed by atoms with Gasteiger partial charge in [0.25, 0.3) is 0 Å². The Morgan fingerprint density at radius 2 is 0.885 bits per heavy atom. The van der Waals surface area contributed by atoms with Gasteiger partial charge in [0.2, 0.25) is 0 Å². The Labute approximate surface area is 154 Å². The molecule has 3 aromatic carbocycles. The van der Waals surface area contributed by atoms with Crippen molar-refractivity contribution < 1.29 is 0 Å². The molecule has 0 amide bonds. The molecule has 0 atom stereocenters. The lowest BCUT2D eigenvalue weighted by atomic mass is 10.0. The van der Waals surface area contributed by atoms with Crippen LogP contribution in [0.4, 0.5) is 0 Å². The predicted molar refractivity (Wildman–Crippen MR) is 110 cm³/mol. The molecule has 0 aliphatic carbocycles. The molecule has 0 bridgehead atoms. The van der Waals surface area contributed by atoms with Gasteiger partial charge in [0.1, 0.15) is 0 Å². The van der Waals surface area contributed by atoms with Gasteiger partial charge >= 0.3 is 0 Å². The van der Waals surface area contributed by atoms with E-state index in [0.29, 0.717) is 0 Å². The summed E-state index contributed by atoms with van der Waals surface area (Å²) in [6.07, 6.45) is 4.29. The Morgan fingerprint density at radius 3 is 1.38 bits per heavy atom. The highest BCUT2D eigenvalue weighted by molar-refractivity contribution is 5.76. The van der Waals surface area contributed by atoms with Crippen LogP contribution in [0.5, 0.6) is 0 Å². The van der Waals surface area contributed by atoms with Crippen LogP contribution in [0.25, 0.3) is 34.7 Å². The maximum absolute atomic E-state index is 4.90. The number of rotatable bonds is 4. The predicted octanol–water partition coefficient (Wildman–Crippen LogP) is 6.59. The van der Waals surface area contributed by atoms with Gasteiger partial charge in [-0.05, 0) is 23.3 Å². The second kappa shape index (κ2) is 7.62. The molecule has 0 aliphatic rings. The fraction of sp³-hybridized carbons (Fsp3) is 0. The molecule has 0 saturated heterocycles. The highest BCUT2D eigenvalue weighted by Gasteiger charge is 2.05. The third-order valence-electron chi connectivity index (χ3n) is 4.25. The SMILES string of the molecule is C(=Cc1cc(-c2ccccc2)nc(-c2ccccc2)c1)c1ccccc1. The third kappa shape index (κ3) is 3.79. The molecule has 0 spiro atoms. The van der Waals surface area contributed by atoms with E-state index in [0.717, 1.165) is 28.1 Å². The Morgan fingerprint density at radius 1 is 0.462 bits per heavy atom. The second-order valence-electron chi connectivity index (χ2n) is 6.15. The first-order chi connectivity index (χ1) is 12.9. The molecule has 0 unspecified atom stereocenters. The summed E-state index contributed by atoms with van der Waals surface area (Å²) in [6.45, 7) is 0. The van der Waals surface area contributed by atoms with Crippen molar-refractivity contribution in [2.24, 2.45) is 0 Å². The van der Waals surface area contributed by atoms with E-state index in [1.54, 1.807) is 0 Å². The van der Waals surface area contributed by atoms with Crippen molar-refractivity contribution in [1.82, 2.24) is 4.98 Å². The van der Waals surface area contributed by atoms with Crippen molar-refractivity contribution in [2.75, 3.05) is 0 Å². The Bertz CT molecular complexity index is 946. The van der Waals surface area contributed by atoms with Crippen LogP contribution in [0, 0.1) is 0 Å². The van der Waals surface area contributed by atoms with Crippen molar-refractivity contribution in [3.8, 4) is 22.5 Å². The zero-order chi connectivity index (χ0) is 17.6. The summed E-state index contributed by atoms with van der Waals surface area (Å²) < 4.78 is 0. The van der Waals surface area contributed by atoms with Gasteiger partial charge < -0.3 is 0 Å². The van der Waals surface area contributed by atoms with Gasteiger partial charge in [-0.15, -0.1) is 0 Å². The minimum atomic E-state index is 0.986. The molecular weight excluding hydrogens is 314 g/mol. The maximum Gasteiger partial charge on any atom is 0.0715 e. The average molecular weight is 333 g/mol. The van der Waals surface area contributed by atoms with E-state index in [2.05, 4.69) is 72.8 Å². The molecule has 0 saturated carbocycles. The third-order valence-corrected chi connectivity index (χ3v) is 4.25. The highest BCUT2D eigenvalue weighted by Crippen LogP contribution is 2.25. The van der Waals surface area contributed by atoms with Crippen LogP contribution < -0.4 is 0 Å². The summed E-state index contributed by atoms with van der Waals surface area (Å²) in [5, 5.41) is 0. The normalized spacial score (nSPS) is 10.9. The van der Waals surface area contributed by atoms with Gasteiger partial charge in [-0.3, -0.25) is 0 Å². The first-order valence-electron chi connectivity index (χ1n) is 8.74. The number of nitrogens with zero attached hydrogens (tertiary/aromatic N) is 1. The molecule has 124 valence electrons. The van der Waals surface area contributed by atoms with Gasteiger partial charge in [0.05, 0.1) is 11.4 Å². The molecule has 0 fully saturated rings. The standard InChI is InChI=1S/C25H19N/c1-4-10-20(11-5-1)16-17-21-18-24(22-12-6-2-7-13-22)26-25(19-21)23-14-8-3-9-15-23/h1-19H. The smallest absolute Gasteiger partial charge is 0.0715 e. The van der Waals surface area contributed by atoms with Crippen molar-refractivity contribution in [3.05, 3.63) is 114 Å². The van der Waals surface area contributed by atoms with Gasteiger partial charge in [-0.1, -0.05) is 103 Å². The van der Waals surface area contributed by atoms with E-state index in [1.165, 1.54) is 5.56 Å². The zero-order valence-electron chi connectivity index (χ0n) is 14.4. The minimum Gasteiger partial charge on any atom is -0.248 e. The van der Waals surface area contributed by atoms with Crippen LogP contribution in [0.2, 0.25) is 0 Å². The van der Waals surface area contributed by atoms with E-state index < -0.39 is 0 Å². The van der Waals surface area contributed by atoms with E-state index in [1.807, 2.05) is 42.5 Å². The molecule has 1 heteroatoms. The number of pyridine rings is 1. The van der Waals surface area contributed by atoms with Crippen LogP contribution in [0.15, 0.2) is 103 Å². The lowest BCUT2D eigenvalue weighted by molar-refractivity contribution is 1.32. The fourth-order valence-corrected chi connectivity index (χ4v) is 2.92. The number of hydrogen-bond donors (Lipinski definition) is 0. The second-order valence-corrected chi connectivity index (χ2v) is 6.15. The minimum absolute atomic E-state index is 0.986. The van der Waals surface area contributed by atoms with Crippen molar-refractivity contribution >= 4 is 12.2 Å². The van der Waals surface area contributed by atoms with Crippen LogP contribution in [-0.2, 0) is 0 Å². The lowest BCUT2D eigenvalue weighted by Crippen LogP contribution is -1.90. The Kier molecular flexibility index (Phi) is 4.70. The van der Waals surface area contributed by atoms with Crippen molar-refractivity contribution in [1.29, 1.82) is 0 Å². The number of hydrogen-bond acceptors (Lipinski definition) is 1. The topological polar surface area (TPSA) is 12.9 Å².